The van der Waals surface area contributed by atoms with Gasteiger partial charge in [-0.25, -0.2) is 9.78 Å². The molecular weight excluding hydrogens is 503 g/mol. The quantitative estimate of drug-likeness (QED) is 0.325. The van der Waals surface area contributed by atoms with Gasteiger partial charge in [0.15, 0.2) is 5.82 Å². The summed E-state index contributed by atoms with van der Waals surface area (Å²) in [6.45, 7) is 10.1. The van der Waals surface area contributed by atoms with Crippen molar-refractivity contribution in [3.8, 4) is 22.8 Å². The van der Waals surface area contributed by atoms with Crippen LogP contribution >= 0.6 is 11.6 Å². The molecule has 0 radical (unpaired) electrons. The van der Waals surface area contributed by atoms with E-state index >= 15 is 0 Å². The summed E-state index contributed by atoms with van der Waals surface area (Å²) in [6.07, 6.45) is -4.84. The second kappa shape index (κ2) is 10.8. The van der Waals surface area contributed by atoms with E-state index in [4.69, 9.17) is 11.6 Å². The number of hydrogen-bond donors (Lipinski definition) is 1. The van der Waals surface area contributed by atoms with Gasteiger partial charge < -0.3 is 0 Å². The first-order chi connectivity index (χ1) is 17.1. The number of aryl methyl sites for hydroxylation is 1. The number of carbonyl (C=O) groups excluding carboxylic acids is 1. The maximum absolute atomic E-state index is 13.2. The molecule has 0 aliphatic carbocycles. The fourth-order valence-electron chi connectivity index (χ4n) is 3.75. The lowest BCUT2D eigenvalue weighted by Gasteiger charge is -2.26. The zero-order chi connectivity index (χ0) is 27.7. The molecule has 0 bridgehead atoms. The summed E-state index contributed by atoms with van der Waals surface area (Å²) in [5.41, 5.74) is 0.839. The van der Waals surface area contributed by atoms with Crippen molar-refractivity contribution in [2.24, 2.45) is 5.41 Å². The summed E-state index contributed by atoms with van der Waals surface area (Å²) in [5.74, 6) is 0.0435. The first kappa shape index (κ1) is 28.6. The van der Waals surface area contributed by atoms with E-state index in [0.717, 1.165) is 25.0 Å². The van der Waals surface area contributed by atoms with Gasteiger partial charge in [-0.15, -0.1) is 0 Å². The predicted molar refractivity (Wildman–Crippen MR) is 140 cm³/mol. The number of H-pyrrole nitrogens is 1. The van der Waals surface area contributed by atoms with Gasteiger partial charge in [0.1, 0.15) is 17.0 Å². The average Bonchev–Trinajstić information content (AvgIpc) is 2.81. The molecule has 0 fully saturated rings. The lowest BCUT2D eigenvalue weighted by Crippen LogP contribution is -2.39. The molecule has 3 aromatic rings. The molecule has 2 aromatic carbocycles. The Hall–Kier alpha value is -3.00. The highest BCUT2D eigenvalue weighted by atomic mass is 35.5. The largest absolute Gasteiger partial charge is 0.400 e. The monoisotopic (exact) mass is 533 g/mol. The molecule has 0 saturated carbocycles. The third-order valence-corrected chi connectivity index (χ3v) is 6.88. The van der Waals surface area contributed by atoms with Crippen LogP contribution in [0, 0.1) is 5.41 Å². The van der Waals surface area contributed by atoms with Gasteiger partial charge >= 0.3 is 11.9 Å². The van der Waals surface area contributed by atoms with Gasteiger partial charge in [-0.05, 0) is 73.1 Å². The Balaban J connectivity index is 1.99. The van der Waals surface area contributed by atoms with Crippen molar-refractivity contribution in [1.82, 2.24) is 15.0 Å². The van der Waals surface area contributed by atoms with E-state index in [9.17, 15) is 22.8 Å². The second-order valence-electron chi connectivity index (χ2n) is 10.4. The fraction of sp³-hybridized carbons (Fsp3) is 0.429. The normalized spacial score (nSPS) is 12.4. The Labute approximate surface area is 219 Å². The third kappa shape index (κ3) is 6.47. The Bertz CT molecular complexity index is 1340. The maximum atomic E-state index is 13.2. The van der Waals surface area contributed by atoms with Crippen LogP contribution in [0.25, 0.3) is 22.8 Å². The number of Topliss-reactive ketones (excluding diaryl/α,β-unsaturated/α-hetero) is 1. The van der Waals surface area contributed by atoms with Crippen LogP contribution in [0.5, 0.6) is 0 Å². The van der Waals surface area contributed by atoms with Gasteiger partial charge in [-0.3, -0.25) is 9.78 Å². The molecule has 0 spiro atoms. The second-order valence-corrected chi connectivity index (χ2v) is 10.8. The number of benzene rings is 2. The van der Waals surface area contributed by atoms with Crippen LogP contribution < -0.4 is 5.69 Å². The van der Waals surface area contributed by atoms with Gasteiger partial charge in [0.05, 0.1) is 5.02 Å². The summed E-state index contributed by atoms with van der Waals surface area (Å²) >= 11 is 6.41. The van der Waals surface area contributed by atoms with Crippen LogP contribution in [0.3, 0.4) is 0 Å². The summed E-state index contributed by atoms with van der Waals surface area (Å²) in [4.78, 5) is 36.1. The molecule has 0 atom stereocenters. The van der Waals surface area contributed by atoms with Gasteiger partial charge in [-0.1, -0.05) is 51.4 Å². The molecule has 0 aliphatic rings. The lowest BCUT2D eigenvalue weighted by molar-refractivity contribution is -0.210. The van der Waals surface area contributed by atoms with E-state index in [1.807, 2.05) is 12.1 Å². The first-order valence-corrected chi connectivity index (χ1v) is 12.5. The van der Waals surface area contributed by atoms with Crippen LogP contribution in [-0.4, -0.2) is 26.9 Å². The highest BCUT2D eigenvalue weighted by Crippen LogP contribution is 2.39. The number of hydrogen-bond acceptors (Lipinski definition) is 4. The fourth-order valence-corrected chi connectivity index (χ4v) is 3.96. The number of aromatic amines is 1. The highest BCUT2D eigenvalue weighted by molar-refractivity contribution is 6.33. The van der Waals surface area contributed by atoms with Gasteiger partial charge in [0, 0.05) is 17.5 Å². The predicted octanol–water partition coefficient (Wildman–Crippen LogP) is 7.49. The molecule has 0 aliphatic heterocycles. The molecule has 1 heterocycles. The van der Waals surface area contributed by atoms with Crippen LogP contribution in [0.4, 0.5) is 13.2 Å². The first-order valence-electron chi connectivity index (χ1n) is 12.1. The Kier molecular flexibility index (Phi) is 8.32. The number of alkyl halides is 3. The minimum Gasteiger partial charge on any atom is -0.299 e. The smallest absolute Gasteiger partial charge is 0.299 e. The van der Waals surface area contributed by atoms with E-state index in [1.54, 1.807) is 18.2 Å². The average molecular weight is 534 g/mol. The van der Waals surface area contributed by atoms with E-state index in [-0.39, 0.29) is 36.3 Å². The molecule has 0 amide bonds. The van der Waals surface area contributed by atoms with Crippen molar-refractivity contribution in [3.63, 3.8) is 0 Å². The maximum Gasteiger partial charge on any atom is 0.400 e. The molecular formula is C28H31ClF3N3O2. The Morgan fingerprint density at radius 3 is 2.11 bits per heavy atom. The van der Waals surface area contributed by atoms with Crippen LogP contribution in [0.1, 0.15) is 76.5 Å². The van der Waals surface area contributed by atoms with E-state index in [1.165, 1.54) is 0 Å². The summed E-state index contributed by atoms with van der Waals surface area (Å²) < 4.78 is 39.6. The van der Waals surface area contributed by atoms with Gasteiger partial charge in [0.2, 0.25) is 0 Å². The molecule has 3 rings (SSSR count). The topological polar surface area (TPSA) is 75.7 Å². The van der Waals surface area contributed by atoms with Gasteiger partial charge in [-0.2, -0.15) is 18.2 Å². The van der Waals surface area contributed by atoms with Gasteiger partial charge in [0.25, 0.3) is 0 Å². The van der Waals surface area contributed by atoms with E-state index < -0.39 is 23.1 Å². The van der Waals surface area contributed by atoms with E-state index in [2.05, 4.69) is 48.7 Å². The summed E-state index contributed by atoms with van der Waals surface area (Å²) in [7, 11) is 0. The molecule has 0 saturated heterocycles. The minimum absolute atomic E-state index is 0.0822. The van der Waals surface area contributed by atoms with Crippen LogP contribution in [-0.2, 0) is 11.2 Å². The number of halogens is 4. The summed E-state index contributed by atoms with van der Waals surface area (Å²) in [6, 6.07) is 10.9. The van der Waals surface area contributed by atoms with Crippen molar-refractivity contribution in [1.29, 1.82) is 0 Å². The van der Waals surface area contributed by atoms with Crippen molar-refractivity contribution in [3.05, 3.63) is 68.6 Å². The van der Waals surface area contributed by atoms with Crippen molar-refractivity contribution < 1.29 is 18.0 Å². The van der Waals surface area contributed by atoms with E-state index in [0.29, 0.717) is 21.7 Å². The molecule has 1 N–H and O–H groups in total. The zero-order valence-electron chi connectivity index (χ0n) is 21.8. The number of ketones is 1. The number of nitrogens with zero attached hydrogens (tertiary/aromatic N) is 2. The third-order valence-electron chi connectivity index (χ3n) is 6.55. The Morgan fingerprint density at radius 2 is 1.57 bits per heavy atom. The van der Waals surface area contributed by atoms with Crippen molar-refractivity contribution in [2.75, 3.05) is 0 Å². The van der Waals surface area contributed by atoms with Crippen molar-refractivity contribution >= 4 is 17.4 Å². The molecule has 9 heteroatoms. The van der Waals surface area contributed by atoms with Crippen LogP contribution in [0.2, 0.25) is 5.02 Å². The number of carbonyl (C=O) groups is 1. The number of aromatic nitrogens is 3. The molecule has 0 unspecified atom stereocenters. The number of rotatable bonds is 8. The number of nitrogens with one attached hydrogen (secondary N) is 1. The Morgan fingerprint density at radius 1 is 0.973 bits per heavy atom. The highest BCUT2D eigenvalue weighted by Gasteiger charge is 2.51. The lowest BCUT2D eigenvalue weighted by atomic mass is 9.84. The molecule has 1 aromatic heterocycles. The minimum atomic E-state index is -4.63. The molecule has 5 nitrogen and oxygen atoms in total. The standard InChI is InChI=1S/C28H31ClF3N3O2/c1-15(2)18-12-19(16(3)4)14-20(13-18)24-33-25(35-26(37)34-24)21-11-17(7-9-22(21)29)8-10-23(36)27(5,6)28(30,31)32/h7,9,11-16H,8,10H2,1-6H3,(H,33,34,35,37). The summed E-state index contributed by atoms with van der Waals surface area (Å²) in [5, 5.41) is 0.296. The van der Waals surface area contributed by atoms with Crippen molar-refractivity contribution in [2.45, 2.75) is 72.4 Å². The molecule has 37 heavy (non-hydrogen) atoms. The SMILES string of the molecule is CC(C)c1cc(-c2nc(-c3cc(CCC(=O)C(C)(C)C(F)(F)F)ccc3Cl)[nH]c(=O)n2)cc(C(C)C)c1. The molecule has 198 valence electrons. The zero-order valence-corrected chi connectivity index (χ0v) is 22.5. The van der Waals surface area contributed by atoms with Crippen LogP contribution in [0.15, 0.2) is 41.2 Å².